The van der Waals surface area contributed by atoms with E-state index in [-0.39, 0.29) is 23.5 Å². The van der Waals surface area contributed by atoms with Crippen LogP contribution in [0.15, 0.2) is 41.1 Å². The lowest BCUT2D eigenvalue weighted by atomic mass is 10.0. The summed E-state index contributed by atoms with van der Waals surface area (Å²) in [5.74, 6) is -0.613. The molecule has 4 rings (SSSR count). The van der Waals surface area contributed by atoms with Gasteiger partial charge in [-0.3, -0.25) is 9.48 Å². The summed E-state index contributed by atoms with van der Waals surface area (Å²) in [5.41, 5.74) is 4.40. The lowest BCUT2D eigenvalue weighted by Gasteiger charge is -2.15. The van der Waals surface area contributed by atoms with Crippen molar-refractivity contribution >= 4 is 17.0 Å². The maximum atomic E-state index is 13.3. The number of carbonyl (C=O) groups excluding carboxylic acids is 1. The van der Waals surface area contributed by atoms with Crippen LogP contribution in [0.5, 0.6) is 0 Å². The van der Waals surface area contributed by atoms with E-state index in [1.54, 1.807) is 31.3 Å². The summed E-state index contributed by atoms with van der Waals surface area (Å²) in [6.45, 7) is 8.45. The molecule has 3 aromatic heterocycles. The topological polar surface area (TPSA) is 85.8 Å². The fourth-order valence-corrected chi connectivity index (χ4v) is 3.60. The van der Waals surface area contributed by atoms with Crippen LogP contribution in [0, 0.1) is 19.7 Å². The third-order valence-electron chi connectivity index (χ3n) is 5.26. The van der Waals surface area contributed by atoms with Crippen molar-refractivity contribution in [3.63, 3.8) is 0 Å². The summed E-state index contributed by atoms with van der Waals surface area (Å²) >= 11 is 0. The Morgan fingerprint density at radius 3 is 2.67 bits per heavy atom. The Labute approximate surface area is 172 Å². The minimum Gasteiger partial charge on any atom is -0.345 e. The van der Waals surface area contributed by atoms with Crippen molar-refractivity contribution < 1.29 is 13.7 Å². The Morgan fingerprint density at radius 2 is 2.00 bits per heavy atom. The molecule has 154 valence electrons. The van der Waals surface area contributed by atoms with Gasteiger partial charge in [-0.05, 0) is 58.0 Å². The highest BCUT2D eigenvalue weighted by Gasteiger charge is 2.22. The maximum absolute atomic E-state index is 13.3. The summed E-state index contributed by atoms with van der Waals surface area (Å²) in [4.78, 5) is 17.7. The molecule has 4 aromatic rings. The monoisotopic (exact) mass is 407 g/mol. The van der Waals surface area contributed by atoms with Gasteiger partial charge in [-0.15, -0.1) is 0 Å². The number of halogens is 1. The highest BCUT2D eigenvalue weighted by Crippen LogP contribution is 2.28. The molecular formula is C22H22FN5O2. The van der Waals surface area contributed by atoms with E-state index in [9.17, 15) is 9.18 Å². The maximum Gasteiger partial charge on any atom is 0.259 e. The highest BCUT2D eigenvalue weighted by molar-refractivity contribution is 6.07. The molecule has 0 aliphatic rings. The number of amides is 1. The average Bonchev–Trinajstić information content (AvgIpc) is 3.30. The smallest absolute Gasteiger partial charge is 0.259 e. The van der Waals surface area contributed by atoms with Crippen molar-refractivity contribution in [3.05, 3.63) is 64.9 Å². The number of rotatable bonds is 5. The fourth-order valence-electron chi connectivity index (χ4n) is 3.60. The molecular weight excluding hydrogens is 385 g/mol. The zero-order valence-electron chi connectivity index (χ0n) is 17.2. The Hall–Kier alpha value is -3.55. The van der Waals surface area contributed by atoms with E-state index < -0.39 is 0 Å². The van der Waals surface area contributed by atoms with E-state index in [2.05, 4.69) is 20.6 Å². The predicted molar refractivity (Wildman–Crippen MR) is 110 cm³/mol. The van der Waals surface area contributed by atoms with E-state index in [0.29, 0.717) is 27.9 Å². The first-order chi connectivity index (χ1) is 14.4. The van der Waals surface area contributed by atoms with Crippen molar-refractivity contribution in [1.82, 2.24) is 25.2 Å². The van der Waals surface area contributed by atoms with Gasteiger partial charge < -0.3 is 9.84 Å². The number of nitrogens with one attached hydrogen (secondary N) is 1. The number of hydrogen-bond donors (Lipinski definition) is 1. The van der Waals surface area contributed by atoms with Crippen molar-refractivity contribution in [2.45, 2.75) is 40.3 Å². The molecule has 0 radical (unpaired) electrons. The number of aromatic nitrogens is 4. The molecule has 0 saturated carbocycles. The van der Waals surface area contributed by atoms with Crippen molar-refractivity contribution in [1.29, 1.82) is 0 Å². The van der Waals surface area contributed by atoms with Crippen LogP contribution in [0.25, 0.3) is 22.4 Å². The molecule has 0 saturated heterocycles. The van der Waals surface area contributed by atoms with Crippen molar-refractivity contribution in [2.24, 2.45) is 0 Å². The third kappa shape index (κ3) is 3.45. The molecule has 7 nitrogen and oxygen atoms in total. The zero-order chi connectivity index (χ0) is 21.4. The van der Waals surface area contributed by atoms with E-state index in [1.165, 1.54) is 12.1 Å². The quantitative estimate of drug-likeness (QED) is 0.531. The molecule has 30 heavy (non-hydrogen) atoms. The van der Waals surface area contributed by atoms with Crippen molar-refractivity contribution in [3.8, 4) is 11.3 Å². The van der Waals surface area contributed by atoms with E-state index in [1.807, 2.05) is 25.5 Å². The van der Waals surface area contributed by atoms with Crippen LogP contribution in [-0.4, -0.2) is 25.8 Å². The Bertz CT molecular complexity index is 1230. The first-order valence-corrected chi connectivity index (χ1v) is 9.75. The number of fused-ring (bicyclic) bond motifs is 1. The number of hydrogen-bond acceptors (Lipinski definition) is 5. The van der Waals surface area contributed by atoms with Crippen LogP contribution in [0.1, 0.15) is 47.2 Å². The highest BCUT2D eigenvalue weighted by atomic mass is 19.1. The van der Waals surface area contributed by atoms with Crippen LogP contribution >= 0.6 is 0 Å². The first kappa shape index (κ1) is 19.8. The lowest BCUT2D eigenvalue weighted by molar-refractivity contribution is 0.0941. The molecule has 1 N–H and O–H groups in total. The van der Waals surface area contributed by atoms with Crippen LogP contribution < -0.4 is 5.32 Å². The molecule has 0 spiro atoms. The molecule has 1 amide bonds. The molecule has 0 unspecified atom stereocenters. The van der Waals surface area contributed by atoms with Crippen LogP contribution in [0.4, 0.5) is 4.39 Å². The number of carbonyl (C=O) groups is 1. The van der Waals surface area contributed by atoms with Gasteiger partial charge in [0.1, 0.15) is 5.82 Å². The normalized spacial score (nSPS) is 12.3. The average molecular weight is 407 g/mol. The molecule has 1 atom stereocenters. The van der Waals surface area contributed by atoms with E-state index in [4.69, 9.17) is 4.52 Å². The van der Waals surface area contributed by atoms with E-state index in [0.717, 1.165) is 17.8 Å². The molecule has 0 aliphatic heterocycles. The van der Waals surface area contributed by atoms with Gasteiger partial charge in [-0.1, -0.05) is 5.16 Å². The second-order valence-electron chi connectivity index (χ2n) is 7.21. The van der Waals surface area contributed by atoms with Gasteiger partial charge in [-0.2, -0.15) is 5.10 Å². The van der Waals surface area contributed by atoms with Gasteiger partial charge in [0, 0.05) is 23.4 Å². The molecule has 3 heterocycles. The standard InChI is InChI=1S/C22H22FN5O2/c1-5-28-14(4)18(11-24-28)12(2)25-21(29)17-10-19(15-6-8-16(23)9-7-15)26-22-20(17)13(3)27-30-22/h6-12H,5H2,1-4H3,(H,25,29)/t12-/m0/s1. The van der Waals surface area contributed by atoms with Gasteiger partial charge in [0.15, 0.2) is 0 Å². The third-order valence-corrected chi connectivity index (χ3v) is 5.26. The summed E-state index contributed by atoms with van der Waals surface area (Å²) < 4.78 is 20.5. The van der Waals surface area contributed by atoms with Gasteiger partial charge in [0.25, 0.3) is 11.6 Å². The summed E-state index contributed by atoms with van der Waals surface area (Å²) in [7, 11) is 0. The van der Waals surface area contributed by atoms with Crippen LogP contribution in [0.2, 0.25) is 0 Å². The Balaban J connectivity index is 1.73. The number of nitrogens with zero attached hydrogens (tertiary/aromatic N) is 4. The zero-order valence-corrected chi connectivity index (χ0v) is 17.2. The molecule has 1 aromatic carbocycles. The van der Waals surface area contributed by atoms with Crippen LogP contribution in [-0.2, 0) is 6.54 Å². The first-order valence-electron chi connectivity index (χ1n) is 9.75. The second-order valence-corrected chi connectivity index (χ2v) is 7.21. The second kappa shape index (κ2) is 7.70. The molecule has 0 aliphatic carbocycles. The Morgan fingerprint density at radius 1 is 1.27 bits per heavy atom. The van der Waals surface area contributed by atoms with Gasteiger partial charge >= 0.3 is 0 Å². The largest absolute Gasteiger partial charge is 0.345 e. The minimum absolute atomic E-state index is 0.240. The van der Waals surface area contributed by atoms with Gasteiger partial charge in [0.2, 0.25) is 0 Å². The lowest BCUT2D eigenvalue weighted by Crippen LogP contribution is -2.27. The van der Waals surface area contributed by atoms with Gasteiger partial charge in [0.05, 0.1) is 34.6 Å². The van der Waals surface area contributed by atoms with Crippen LogP contribution in [0.3, 0.4) is 0 Å². The number of pyridine rings is 1. The summed E-state index contributed by atoms with van der Waals surface area (Å²) in [6, 6.07) is 7.37. The minimum atomic E-state index is -0.342. The molecule has 0 bridgehead atoms. The summed E-state index contributed by atoms with van der Waals surface area (Å²) in [6.07, 6.45) is 1.78. The fraction of sp³-hybridized carbons (Fsp3) is 0.273. The van der Waals surface area contributed by atoms with Gasteiger partial charge in [-0.25, -0.2) is 9.37 Å². The van der Waals surface area contributed by atoms with E-state index >= 15 is 0 Å². The van der Waals surface area contributed by atoms with Crippen molar-refractivity contribution in [2.75, 3.05) is 0 Å². The summed E-state index contributed by atoms with van der Waals surface area (Å²) in [5, 5.41) is 11.9. The number of aryl methyl sites for hydroxylation is 2. The molecule has 8 heteroatoms. The number of benzene rings is 1. The predicted octanol–water partition coefficient (Wildman–Crippen LogP) is 4.35. The SMILES string of the molecule is CCn1ncc([C@H](C)NC(=O)c2cc(-c3ccc(F)cc3)nc3onc(C)c23)c1C. The molecule has 0 fully saturated rings. The Kier molecular flexibility index (Phi) is 5.07.